The molecule has 1 fully saturated rings. The first-order valence-electron chi connectivity index (χ1n) is 19.6. The maximum atomic E-state index is 14.5. The molecule has 1 heterocycles. The average molecular weight is 820 g/mol. The number of hydrogen-bond donors (Lipinski definition) is 2. The lowest BCUT2D eigenvalue weighted by Crippen LogP contribution is -2.53. The second-order valence-corrected chi connectivity index (χ2v) is 17.3. The molecule has 310 valence electrons. The molecule has 3 aliphatic rings. The van der Waals surface area contributed by atoms with E-state index < -0.39 is 23.5 Å². The van der Waals surface area contributed by atoms with Crippen LogP contribution in [-0.4, -0.2) is 65.6 Å². The largest absolute Gasteiger partial charge is 0.573 e. The molecule has 0 radical (unpaired) electrons. The number of hydrogen-bond acceptors (Lipinski definition) is 8. The van der Waals surface area contributed by atoms with E-state index in [0.29, 0.717) is 78.0 Å². The highest BCUT2D eigenvalue weighted by Crippen LogP contribution is 2.59. The number of ether oxygens (including phenoxy) is 3. The van der Waals surface area contributed by atoms with Crippen molar-refractivity contribution in [2.24, 2.45) is 5.41 Å². The van der Waals surface area contributed by atoms with Crippen LogP contribution in [0.3, 0.4) is 0 Å². The van der Waals surface area contributed by atoms with Crippen LogP contribution < -0.4 is 14.2 Å². The van der Waals surface area contributed by atoms with Crippen molar-refractivity contribution in [2.75, 3.05) is 20.8 Å². The number of allylic oxidation sites excluding steroid dienone is 2. The molecule has 8 nitrogen and oxygen atoms in total. The van der Waals surface area contributed by atoms with Gasteiger partial charge >= 0.3 is 6.36 Å². The molecule has 0 saturated heterocycles. The Morgan fingerprint density at radius 3 is 2.31 bits per heavy atom. The number of halogens is 3. The number of ketones is 1. The van der Waals surface area contributed by atoms with Crippen molar-refractivity contribution >= 4 is 23.0 Å². The molecular weight excluding hydrogens is 768 g/mol. The standard InChI is InChI=1S/C46H52F3NO7S/c1-29-7-6-21-44(3)38(36-17-12-32(23-34(51)14-8-29)24-37(36)43(53)41-19-9-30(2)58-41)20-22-45(44,54)28-50(27-31-10-15-35(16-11-31)57-46(47,48)49)42(52)26-33-13-18-39(55-4)40(25-33)56-5/h7,9-13,15-19,24-25,34,38,51,54H,6,8,14,20-23,26-28H2,1-5H3. The van der Waals surface area contributed by atoms with Crippen molar-refractivity contribution in [2.45, 2.75) is 103 Å². The minimum atomic E-state index is -4.85. The lowest BCUT2D eigenvalue weighted by atomic mass is 9.64. The summed E-state index contributed by atoms with van der Waals surface area (Å²) in [6.07, 6.45) is 0.430. The quantitative estimate of drug-likeness (QED) is 0.115. The zero-order chi connectivity index (χ0) is 41.8. The van der Waals surface area contributed by atoms with Gasteiger partial charge in [-0.2, -0.15) is 0 Å². The molecule has 2 N–H and O–H groups in total. The SMILES string of the molecule is COc1ccc(CC(=O)N(Cc2ccc(OC(F)(F)F)cc2)CC2(O)CCC3c4ccc(cc4C(=O)c4ccc(C)s4)CC(O)CCC(C)=CCCC32C)cc1OC. The summed E-state index contributed by atoms with van der Waals surface area (Å²) in [7, 11) is 3.03. The van der Waals surface area contributed by atoms with Gasteiger partial charge in [0.2, 0.25) is 11.7 Å². The highest BCUT2D eigenvalue weighted by atomic mass is 32.1. The van der Waals surface area contributed by atoms with Crippen molar-refractivity contribution < 1.29 is 47.2 Å². The van der Waals surface area contributed by atoms with Crippen molar-refractivity contribution in [3.63, 3.8) is 0 Å². The number of methoxy groups -OCH3 is 2. The number of fused-ring (bicyclic) bond motifs is 8. The van der Waals surface area contributed by atoms with Crippen LogP contribution in [0, 0.1) is 12.3 Å². The Hall–Kier alpha value is -4.65. The molecule has 7 rings (SSSR count). The fourth-order valence-electron chi connectivity index (χ4n) is 8.73. The molecule has 0 aliphatic heterocycles. The molecule has 4 aromatic rings. The minimum Gasteiger partial charge on any atom is -0.493 e. The van der Waals surface area contributed by atoms with Crippen LogP contribution in [0.15, 0.2) is 84.4 Å². The molecule has 1 saturated carbocycles. The number of aliphatic hydroxyl groups excluding tert-OH is 1. The van der Waals surface area contributed by atoms with E-state index in [2.05, 4.69) is 17.7 Å². The van der Waals surface area contributed by atoms with E-state index >= 15 is 0 Å². The molecular formula is C46H52F3NO7S. The summed E-state index contributed by atoms with van der Waals surface area (Å²) in [5.41, 5.74) is 2.33. The number of carbonyl (C=O) groups is 2. The van der Waals surface area contributed by atoms with Gasteiger partial charge in [0.1, 0.15) is 5.75 Å². The van der Waals surface area contributed by atoms with Crippen molar-refractivity contribution in [1.29, 1.82) is 0 Å². The number of benzene rings is 3. The Labute approximate surface area is 342 Å². The normalized spacial score (nSPS) is 22.4. The Morgan fingerprint density at radius 1 is 0.914 bits per heavy atom. The van der Waals surface area contributed by atoms with E-state index in [0.717, 1.165) is 21.6 Å². The summed E-state index contributed by atoms with van der Waals surface area (Å²) < 4.78 is 53.9. The molecule has 1 amide bonds. The number of thiophene rings is 1. The van der Waals surface area contributed by atoms with Gasteiger partial charge in [-0.05, 0) is 129 Å². The van der Waals surface area contributed by atoms with Crippen LogP contribution in [0.5, 0.6) is 17.2 Å². The van der Waals surface area contributed by atoms with Gasteiger partial charge in [-0.1, -0.05) is 48.9 Å². The van der Waals surface area contributed by atoms with Crippen LogP contribution in [0.1, 0.15) is 101 Å². The summed E-state index contributed by atoms with van der Waals surface area (Å²) in [5, 5.41) is 24.1. The summed E-state index contributed by atoms with van der Waals surface area (Å²) in [4.78, 5) is 32.0. The van der Waals surface area contributed by atoms with E-state index in [1.165, 1.54) is 49.8 Å². The van der Waals surface area contributed by atoms with Crippen molar-refractivity contribution in [3.8, 4) is 17.2 Å². The third kappa shape index (κ3) is 9.78. The third-order valence-electron chi connectivity index (χ3n) is 12.0. The van der Waals surface area contributed by atoms with E-state index in [4.69, 9.17) is 9.47 Å². The first-order chi connectivity index (χ1) is 27.5. The second-order valence-electron chi connectivity index (χ2n) is 16.0. The molecule has 4 unspecified atom stereocenters. The molecule has 1 aromatic heterocycles. The predicted octanol–water partition coefficient (Wildman–Crippen LogP) is 9.51. The number of aliphatic hydroxyl groups is 2. The molecule has 4 atom stereocenters. The smallest absolute Gasteiger partial charge is 0.493 e. The van der Waals surface area contributed by atoms with Crippen LogP contribution in [-0.2, 0) is 24.2 Å². The monoisotopic (exact) mass is 819 g/mol. The summed E-state index contributed by atoms with van der Waals surface area (Å²) >= 11 is 1.43. The van der Waals surface area contributed by atoms with Crippen LogP contribution in [0.25, 0.3) is 0 Å². The number of rotatable bonds is 11. The Morgan fingerprint density at radius 2 is 1.64 bits per heavy atom. The Kier molecular flexibility index (Phi) is 13.1. The van der Waals surface area contributed by atoms with E-state index in [9.17, 15) is 33.0 Å². The Balaban J connectivity index is 1.40. The lowest BCUT2D eigenvalue weighted by Gasteiger charge is -2.46. The van der Waals surface area contributed by atoms with Gasteiger partial charge in [-0.15, -0.1) is 24.5 Å². The first kappa shape index (κ1) is 42.9. The second kappa shape index (κ2) is 17.7. The van der Waals surface area contributed by atoms with Crippen molar-refractivity contribution in [1.82, 2.24) is 4.90 Å². The first-order valence-corrected chi connectivity index (χ1v) is 20.5. The summed E-state index contributed by atoms with van der Waals surface area (Å²) in [6, 6.07) is 20.2. The van der Waals surface area contributed by atoms with Gasteiger partial charge in [0.05, 0.1) is 43.8 Å². The number of nitrogens with zero attached hydrogens (tertiary/aromatic N) is 1. The van der Waals surface area contributed by atoms with Gasteiger partial charge in [0.25, 0.3) is 0 Å². The molecule has 12 heteroatoms. The molecule has 0 spiro atoms. The van der Waals surface area contributed by atoms with Crippen LogP contribution >= 0.6 is 11.3 Å². The maximum Gasteiger partial charge on any atom is 0.573 e. The number of carbonyl (C=O) groups excluding carboxylic acids is 2. The number of alkyl halides is 3. The van der Waals surface area contributed by atoms with Gasteiger partial charge in [0.15, 0.2) is 11.5 Å². The molecule has 3 aliphatic carbocycles. The topological polar surface area (TPSA) is 106 Å². The minimum absolute atomic E-state index is 0.0129. The maximum absolute atomic E-state index is 14.5. The van der Waals surface area contributed by atoms with Crippen molar-refractivity contribution in [3.05, 3.63) is 122 Å². The van der Waals surface area contributed by atoms with Crippen LogP contribution in [0.4, 0.5) is 13.2 Å². The fraction of sp³-hybridized carbons (Fsp3) is 0.435. The number of amides is 1. The fourth-order valence-corrected chi connectivity index (χ4v) is 9.55. The van der Waals surface area contributed by atoms with E-state index in [1.807, 2.05) is 44.2 Å². The summed E-state index contributed by atoms with van der Waals surface area (Å²) in [5.74, 6) is -0.0893. The van der Waals surface area contributed by atoms with Gasteiger partial charge < -0.3 is 29.3 Å². The summed E-state index contributed by atoms with van der Waals surface area (Å²) in [6.45, 7) is 6.01. The zero-order valence-electron chi connectivity index (χ0n) is 33.7. The molecule has 58 heavy (non-hydrogen) atoms. The third-order valence-corrected chi connectivity index (χ3v) is 13.0. The number of aryl methyl sites for hydroxylation is 1. The van der Waals surface area contributed by atoms with E-state index in [-0.39, 0.29) is 42.9 Å². The Bertz CT molecular complexity index is 2130. The lowest BCUT2D eigenvalue weighted by molar-refractivity contribution is -0.274. The van der Waals surface area contributed by atoms with E-state index in [1.54, 1.807) is 23.1 Å². The van der Waals surface area contributed by atoms with Gasteiger partial charge in [-0.25, -0.2) is 0 Å². The highest BCUT2D eigenvalue weighted by Gasteiger charge is 2.57. The average Bonchev–Trinajstić information content (AvgIpc) is 3.72. The highest BCUT2D eigenvalue weighted by molar-refractivity contribution is 7.14. The predicted molar refractivity (Wildman–Crippen MR) is 218 cm³/mol. The van der Waals surface area contributed by atoms with Gasteiger partial charge in [0, 0.05) is 22.4 Å². The van der Waals surface area contributed by atoms with Crippen LogP contribution in [0.2, 0.25) is 0 Å². The zero-order valence-corrected chi connectivity index (χ0v) is 34.5. The molecule has 3 aromatic carbocycles. The van der Waals surface area contributed by atoms with Gasteiger partial charge in [-0.3, -0.25) is 9.59 Å². The molecule has 2 bridgehead atoms.